The molecule has 2 N–H and O–H groups in total. The van der Waals surface area contributed by atoms with E-state index in [1.54, 1.807) is 25.4 Å². The number of halogens is 2. The molecule has 1 aromatic carbocycles. The Balaban J connectivity index is 2.34. The van der Waals surface area contributed by atoms with Gasteiger partial charge < -0.3 is 10.5 Å². The number of aryl methyl sites for hydroxylation is 1. The molecule has 0 spiro atoms. The van der Waals surface area contributed by atoms with Crippen LogP contribution in [0.3, 0.4) is 0 Å². The number of ether oxygens (including phenoxy) is 1. The van der Waals surface area contributed by atoms with Crippen LogP contribution in [0.1, 0.15) is 28.4 Å². The van der Waals surface area contributed by atoms with E-state index >= 15 is 0 Å². The minimum Gasteiger partial charge on any atom is -0.496 e. The van der Waals surface area contributed by atoms with Crippen molar-refractivity contribution in [3.05, 3.63) is 57.6 Å². The van der Waals surface area contributed by atoms with Gasteiger partial charge in [0.1, 0.15) is 11.6 Å². The molecule has 3 nitrogen and oxygen atoms in total. The maximum Gasteiger partial charge on any atom is 0.129 e. The average Bonchev–Trinajstić information content (AvgIpc) is 2.42. The SMILES string of the molecule is COc1c(C)cnc(CC(N)c2c(F)cccc2Cl)c1C. The quantitative estimate of drug-likeness (QED) is 0.936. The van der Waals surface area contributed by atoms with E-state index in [1.807, 2.05) is 13.8 Å². The maximum absolute atomic E-state index is 13.9. The van der Waals surface area contributed by atoms with Crippen LogP contribution in [0.15, 0.2) is 24.4 Å². The molecular formula is C16H18ClFN2O. The zero-order chi connectivity index (χ0) is 15.6. The van der Waals surface area contributed by atoms with Crippen molar-refractivity contribution < 1.29 is 9.13 Å². The summed E-state index contributed by atoms with van der Waals surface area (Å²) in [5.41, 5.74) is 9.09. The van der Waals surface area contributed by atoms with Gasteiger partial charge in [-0.25, -0.2) is 4.39 Å². The lowest BCUT2D eigenvalue weighted by atomic mass is 9.99. The number of hydrogen-bond acceptors (Lipinski definition) is 3. The van der Waals surface area contributed by atoms with Crippen LogP contribution in [-0.4, -0.2) is 12.1 Å². The zero-order valence-corrected chi connectivity index (χ0v) is 13.0. The second kappa shape index (κ2) is 6.41. The first-order valence-corrected chi connectivity index (χ1v) is 7.02. The Kier molecular flexibility index (Phi) is 4.80. The van der Waals surface area contributed by atoms with E-state index in [1.165, 1.54) is 6.07 Å². The lowest BCUT2D eigenvalue weighted by Crippen LogP contribution is -2.17. The Morgan fingerprint density at radius 3 is 2.71 bits per heavy atom. The van der Waals surface area contributed by atoms with E-state index in [0.29, 0.717) is 17.0 Å². The van der Waals surface area contributed by atoms with Gasteiger partial charge >= 0.3 is 0 Å². The molecule has 0 saturated heterocycles. The molecule has 2 rings (SSSR count). The first-order chi connectivity index (χ1) is 9.95. The topological polar surface area (TPSA) is 48.1 Å². The van der Waals surface area contributed by atoms with Crippen LogP contribution in [0.5, 0.6) is 5.75 Å². The van der Waals surface area contributed by atoms with Crippen LogP contribution in [0.2, 0.25) is 5.02 Å². The standard InChI is InChI=1S/C16H18ClFN2O/c1-9-8-20-14(10(2)16(9)21-3)7-13(19)15-11(17)5-4-6-12(15)18/h4-6,8,13H,7,19H2,1-3H3. The fraction of sp³-hybridized carbons (Fsp3) is 0.312. The first-order valence-electron chi connectivity index (χ1n) is 6.64. The summed E-state index contributed by atoms with van der Waals surface area (Å²) in [6.07, 6.45) is 2.12. The van der Waals surface area contributed by atoms with E-state index in [4.69, 9.17) is 22.1 Å². The molecule has 0 fully saturated rings. The largest absolute Gasteiger partial charge is 0.496 e. The highest BCUT2D eigenvalue weighted by atomic mass is 35.5. The third kappa shape index (κ3) is 3.17. The number of nitrogens with two attached hydrogens (primary N) is 1. The van der Waals surface area contributed by atoms with Gasteiger partial charge in [0, 0.05) is 46.1 Å². The highest BCUT2D eigenvalue weighted by Crippen LogP contribution is 2.30. The van der Waals surface area contributed by atoms with Gasteiger partial charge in [-0.2, -0.15) is 0 Å². The van der Waals surface area contributed by atoms with Crippen LogP contribution < -0.4 is 10.5 Å². The molecule has 0 saturated carbocycles. The van der Waals surface area contributed by atoms with E-state index in [9.17, 15) is 4.39 Å². The molecule has 2 aromatic rings. The molecule has 0 aliphatic heterocycles. The molecule has 1 heterocycles. The molecule has 0 aliphatic carbocycles. The molecule has 0 radical (unpaired) electrons. The lowest BCUT2D eigenvalue weighted by Gasteiger charge is -2.17. The van der Waals surface area contributed by atoms with Crippen molar-refractivity contribution in [2.45, 2.75) is 26.3 Å². The molecule has 112 valence electrons. The van der Waals surface area contributed by atoms with Gasteiger partial charge in [-0.05, 0) is 26.0 Å². The number of benzene rings is 1. The highest BCUT2D eigenvalue weighted by Gasteiger charge is 2.18. The summed E-state index contributed by atoms with van der Waals surface area (Å²) in [4.78, 5) is 4.39. The minimum absolute atomic E-state index is 0.319. The third-order valence-electron chi connectivity index (χ3n) is 3.53. The summed E-state index contributed by atoms with van der Waals surface area (Å²) >= 11 is 6.05. The predicted octanol–water partition coefficient (Wildman–Crippen LogP) is 3.74. The van der Waals surface area contributed by atoms with Crippen LogP contribution >= 0.6 is 11.6 Å². The van der Waals surface area contributed by atoms with Crippen LogP contribution in [0.4, 0.5) is 4.39 Å². The van der Waals surface area contributed by atoms with Crippen molar-refractivity contribution in [2.24, 2.45) is 5.73 Å². The van der Waals surface area contributed by atoms with Crippen molar-refractivity contribution in [1.82, 2.24) is 4.98 Å². The zero-order valence-electron chi connectivity index (χ0n) is 12.3. The van der Waals surface area contributed by atoms with Crippen molar-refractivity contribution in [1.29, 1.82) is 0 Å². The fourth-order valence-corrected chi connectivity index (χ4v) is 2.76. The average molecular weight is 309 g/mol. The summed E-state index contributed by atoms with van der Waals surface area (Å²) < 4.78 is 19.3. The number of methoxy groups -OCH3 is 1. The minimum atomic E-state index is -0.558. The second-order valence-corrected chi connectivity index (χ2v) is 5.40. The molecule has 0 bridgehead atoms. The molecule has 5 heteroatoms. The third-order valence-corrected chi connectivity index (χ3v) is 3.86. The van der Waals surface area contributed by atoms with Gasteiger partial charge in [0.2, 0.25) is 0 Å². The second-order valence-electron chi connectivity index (χ2n) is 4.99. The molecule has 21 heavy (non-hydrogen) atoms. The number of nitrogens with zero attached hydrogens (tertiary/aromatic N) is 1. The van der Waals surface area contributed by atoms with Gasteiger partial charge in [0.15, 0.2) is 0 Å². The van der Waals surface area contributed by atoms with Gasteiger partial charge in [0.25, 0.3) is 0 Å². The normalized spacial score (nSPS) is 12.3. The summed E-state index contributed by atoms with van der Waals surface area (Å²) in [6, 6.07) is 4.00. The van der Waals surface area contributed by atoms with E-state index in [-0.39, 0.29) is 0 Å². The summed E-state index contributed by atoms with van der Waals surface area (Å²) in [5, 5.41) is 0.333. The Morgan fingerprint density at radius 2 is 2.10 bits per heavy atom. The summed E-state index contributed by atoms with van der Waals surface area (Å²) in [6.45, 7) is 3.85. The summed E-state index contributed by atoms with van der Waals surface area (Å²) in [5.74, 6) is 0.388. The van der Waals surface area contributed by atoms with Crippen LogP contribution in [0.25, 0.3) is 0 Å². The van der Waals surface area contributed by atoms with E-state index < -0.39 is 11.9 Å². The Hall–Kier alpha value is -1.65. The van der Waals surface area contributed by atoms with Gasteiger partial charge in [-0.1, -0.05) is 17.7 Å². The molecule has 0 amide bonds. The van der Waals surface area contributed by atoms with Crippen LogP contribution in [0, 0.1) is 19.7 Å². The number of rotatable bonds is 4. The first kappa shape index (κ1) is 15.7. The van der Waals surface area contributed by atoms with Crippen molar-refractivity contribution in [3.63, 3.8) is 0 Å². The van der Waals surface area contributed by atoms with E-state index in [2.05, 4.69) is 4.98 Å². The van der Waals surface area contributed by atoms with E-state index in [0.717, 1.165) is 22.6 Å². The summed E-state index contributed by atoms with van der Waals surface area (Å²) in [7, 11) is 1.62. The van der Waals surface area contributed by atoms with Gasteiger partial charge in [-0.15, -0.1) is 0 Å². The molecule has 0 aliphatic rings. The van der Waals surface area contributed by atoms with Crippen molar-refractivity contribution in [2.75, 3.05) is 7.11 Å². The Labute approximate surface area is 128 Å². The number of aromatic nitrogens is 1. The maximum atomic E-state index is 13.9. The molecular weight excluding hydrogens is 291 g/mol. The predicted molar refractivity (Wildman–Crippen MR) is 82.3 cm³/mol. The Bertz CT molecular complexity index is 641. The fourth-order valence-electron chi connectivity index (χ4n) is 2.45. The smallest absolute Gasteiger partial charge is 0.129 e. The van der Waals surface area contributed by atoms with Crippen molar-refractivity contribution >= 4 is 11.6 Å². The highest BCUT2D eigenvalue weighted by molar-refractivity contribution is 6.31. The van der Waals surface area contributed by atoms with Crippen LogP contribution in [-0.2, 0) is 6.42 Å². The number of hydrogen-bond donors (Lipinski definition) is 1. The molecule has 1 atom stereocenters. The number of pyridine rings is 1. The Morgan fingerprint density at radius 1 is 1.38 bits per heavy atom. The molecule has 1 unspecified atom stereocenters. The monoisotopic (exact) mass is 308 g/mol. The lowest BCUT2D eigenvalue weighted by molar-refractivity contribution is 0.406. The van der Waals surface area contributed by atoms with Crippen molar-refractivity contribution in [3.8, 4) is 5.75 Å². The van der Waals surface area contributed by atoms with Gasteiger partial charge in [0.05, 0.1) is 7.11 Å². The van der Waals surface area contributed by atoms with Gasteiger partial charge in [-0.3, -0.25) is 4.98 Å². The molecule has 1 aromatic heterocycles.